The lowest BCUT2D eigenvalue weighted by Gasteiger charge is -2.34. The summed E-state index contributed by atoms with van der Waals surface area (Å²) in [5, 5.41) is 8.21. The van der Waals surface area contributed by atoms with Crippen molar-refractivity contribution in [3.05, 3.63) is 57.0 Å². The summed E-state index contributed by atoms with van der Waals surface area (Å²) >= 11 is 6.68. The molecule has 0 spiro atoms. The molecular weight excluding hydrogens is 492 g/mol. The van der Waals surface area contributed by atoms with Gasteiger partial charge in [0.1, 0.15) is 17.2 Å². The number of aryl methyl sites for hydroxylation is 2. The van der Waals surface area contributed by atoms with Gasteiger partial charge in [0.05, 0.1) is 21.9 Å². The highest BCUT2D eigenvalue weighted by atomic mass is 35.5. The summed E-state index contributed by atoms with van der Waals surface area (Å²) in [6.07, 6.45) is 1.62. The van der Waals surface area contributed by atoms with Gasteiger partial charge in [-0.05, 0) is 33.0 Å². The van der Waals surface area contributed by atoms with E-state index in [0.717, 1.165) is 48.9 Å². The first-order valence-corrected chi connectivity index (χ1v) is 12.7. The van der Waals surface area contributed by atoms with Gasteiger partial charge in [0.15, 0.2) is 5.65 Å². The minimum absolute atomic E-state index is 0.0375. The number of pyridine rings is 1. The number of anilines is 3. The van der Waals surface area contributed by atoms with E-state index in [1.807, 2.05) is 49.5 Å². The number of nitrogens with one attached hydrogen (secondary N) is 1. The van der Waals surface area contributed by atoms with Crippen LogP contribution in [0.2, 0.25) is 5.02 Å². The summed E-state index contributed by atoms with van der Waals surface area (Å²) in [5.74, 6) is 0.569. The lowest BCUT2D eigenvalue weighted by atomic mass is 10.1. The molecule has 11 heteroatoms. The quantitative estimate of drug-likeness (QED) is 0.430. The van der Waals surface area contributed by atoms with Crippen LogP contribution in [-0.2, 0) is 6.54 Å². The molecule has 1 aliphatic rings. The first kappa shape index (κ1) is 25.0. The van der Waals surface area contributed by atoms with Crippen molar-refractivity contribution in [1.82, 2.24) is 24.1 Å². The number of carbonyl (C=O) groups is 1. The number of rotatable bonds is 5. The molecule has 0 unspecified atom stereocenters. The van der Waals surface area contributed by atoms with Crippen molar-refractivity contribution in [2.24, 2.45) is 0 Å². The topological polar surface area (TPSA) is 91.0 Å². The standard InChI is InChI=1S/C26H31ClN8O2/c1-6-33-15-18(26(37)29-22-14-24(31(3)4)35-23(28-22)11-16(2)30-35)25(36)17-12-19(27)21(13-20(17)33)34-9-7-32(5)8-10-34/h11-15H,6-10H2,1-5H3,(H,28,29,37). The molecule has 0 aliphatic carbocycles. The fraction of sp³-hybridized carbons (Fsp3) is 0.385. The highest BCUT2D eigenvalue weighted by Crippen LogP contribution is 2.31. The lowest BCUT2D eigenvalue weighted by Crippen LogP contribution is -2.44. The Kier molecular flexibility index (Phi) is 6.55. The zero-order valence-corrected chi connectivity index (χ0v) is 22.5. The number of fused-ring (bicyclic) bond motifs is 2. The van der Waals surface area contributed by atoms with Crippen LogP contribution < -0.4 is 20.5 Å². The molecule has 1 saturated heterocycles. The number of hydrogen-bond acceptors (Lipinski definition) is 7. The number of piperazine rings is 1. The molecule has 1 fully saturated rings. The van der Waals surface area contributed by atoms with Crippen molar-refractivity contribution in [2.45, 2.75) is 20.4 Å². The smallest absolute Gasteiger partial charge is 0.262 e. The van der Waals surface area contributed by atoms with Gasteiger partial charge in [-0.25, -0.2) is 4.98 Å². The van der Waals surface area contributed by atoms with Crippen molar-refractivity contribution in [1.29, 1.82) is 0 Å². The highest BCUT2D eigenvalue weighted by molar-refractivity contribution is 6.34. The van der Waals surface area contributed by atoms with Gasteiger partial charge >= 0.3 is 0 Å². The summed E-state index contributed by atoms with van der Waals surface area (Å²) < 4.78 is 3.63. The Morgan fingerprint density at radius 2 is 1.86 bits per heavy atom. The van der Waals surface area contributed by atoms with Crippen LogP contribution in [0.5, 0.6) is 0 Å². The maximum atomic E-state index is 13.5. The number of halogens is 1. The summed E-state index contributed by atoms with van der Waals surface area (Å²) in [6, 6.07) is 7.23. The van der Waals surface area contributed by atoms with Gasteiger partial charge in [0.2, 0.25) is 5.43 Å². The summed E-state index contributed by atoms with van der Waals surface area (Å²) in [5.41, 5.74) is 2.75. The van der Waals surface area contributed by atoms with Crippen LogP contribution in [0.4, 0.5) is 17.3 Å². The number of benzene rings is 1. The lowest BCUT2D eigenvalue weighted by molar-refractivity contribution is 0.102. The third-order valence-corrected chi connectivity index (χ3v) is 7.11. The number of hydrogen-bond donors (Lipinski definition) is 1. The minimum atomic E-state index is -0.522. The molecule has 4 aromatic rings. The fourth-order valence-electron chi connectivity index (χ4n) is 4.75. The van der Waals surface area contributed by atoms with E-state index in [4.69, 9.17) is 11.6 Å². The fourth-order valence-corrected chi connectivity index (χ4v) is 5.04. The summed E-state index contributed by atoms with van der Waals surface area (Å²) in [4.78, 5) is 37.8. The van der Waals surface area contributed by atoms with Crippen molar-refractivity contribution < 1.29 is 4.79 Å². The van der Waals surface area contributed by atoms with Crippen LogP contribution in [0.3, 0.4) is 0 Å². The van der Waals surface area contributed by atoms with E-state index in [2.05, 4.69) is 32.2 Å². The molecule has 1 aromatic carbocycles. The average molecular weight is 523 g/mol. The molecule has 0 bridgehead atoms. The number of carbonyl (C=O) groups excluding carboxylic acids is 1. The Morgan fingerprint density at radius 1 is 1.14 bits per heavy atom. The van der Waals surface area contributed by atoms with Crippen molar-refractivity contribution in [2.75, 3.05) is 62.4 Å². The molecule has 10 nitrogen and oxygen atoms in total. The molecule has 5 rings (SSSR count). The second kappa shape index (κ2) is 9.68. The van der Waals surface area contributed by atoms with E-state index in [1.165, 1.54) is 0 Å². The normalized spacial score (nSPS) is 14.5. The molecule has 0 saturated carbocycles. The third-order valence-electron chi connectivity index (χ3n) is 6.81. The van der Waals surface area contributed by atoms with Gasteiger partial charge in [-0.3, -0.25) is 9.59 Å². The Bertz CT molecular complexity index is 1570. The SMILES string of the molecule is CCn1cc(C(=O)Nc2cc(N(C)C)n3nc(C)cc3n2)c(=O)c2cc(Cl)c(N3CCN(C)CC3)cc21. The predicted octanol–water partition coefficient (Wildman–Crippen LogP) is 3.10. The van der Waals surface area contributed by atoms with Crippen molar-refractivity contribution in [3.63, 3.8) is 0 Å². The van der Waals surface area contributed by atoms with E-state index in [9.17, 15) is 9.59 Å². The second-order valence-electron chi connectivity index (χ2n) is 9.67. The largest absolute Gasteiger partial charge is 0.368 e. The van der Waals surface area contributed by atoms with E-state index in [-0.39, 0.29) is 11.0 Å². The number of nitrogens with zero attached hydrogens (tertiary/aromatic N) is 7. The zero-order chi connectivity index (χ0) is 26.4. The first-order valence-electron chi connectivity index (χ1n) is 12.3. The summed E-state index contributed by atoms with van der Waals surface area (Å²) in [6.45, 7) is 8.07. The monoisotopic (exact) mass is 522 g/mol. The zero-order valence-electron chi connectivity index (χ0n) is 21.7. The van der Waals surface area contributed by atoms with Gasteiger partial charge in [0, 0.05) is 70.5 Å². The van der Waals surface area contributed by atoms with Crippen molar-refractivity contribution in [3.8, 4) is 0 Å². The molecule has 0 atom stereocenters. The van der Waals surface area contributed by atoms with Crippen LogP contribution in [0.1, 0.15) is 23.0 Å². The maximum absolute atomic E-state index is 13.5. The molecule has 1 aliphatic heterocycles. The highest BCUT2D eigenvalue weighted by Gasteiger charge is 2.22. The van der Waals surface area contributed by atoms with E-state index in [0.29, 0.717) is 28.4 Å². The van der Waals surface area contributed by atoms with Gasteiger partial charge in [0.25, 0.3) is 5.91 Å². The Labute approximate surface area is 220 Å². The molecule has 3 aromatic heterocycles. The second-order valence-corrected chi connectivity index (χ2v) is 10.1. The Hall–Kier alpha value is -3.63. The number of amides is 1. The van der Waals surface area contributed by atoms with E-state index >= 15 is 0 Å². The summed E-state index contributed by atoms with van der Waals surface area (Å²) in [7, 11) is 5.88. The average Bonchev–Trinajstić information content (AvgIpc) is 3.24. The molecule has 1 amide bonds. The Balaban J connectivity index is 1.54. The number of aromatic nitrogens is 4. The van der Waals surface area contributed by atoms with E-state index < -0.39 is 5.91 Å². The van der Waals surface area contributed by atoms with Crippen molar-refractivity contribution >= 4 is 51.4 Å². The van der Waals surface area contributed by atoms with Crippen LogP contribution in [0, 0.1) is 6.92 Å². The maximum Gasteiger partial charge on any atom is 0.262 e. The van der Waals surface area contributed by atoms with Gasteiger partial charge in [-0.15, -0.1) is 0 Å². The molecule has 4 heterocycles. The predicted molar refractivity (Wildman–Crippen MR) is 149 cm³/mol. The molecule has 37 heavy (non-hydrogen) atoms. The van der Waals surface area contributed by atoms with Gasteiger partial charge < -0.3 is 24.6 Å². The molecule has 1 N–H and O–H groups in total. The number of likely N-dealkylation sites (N-methyl/N-ethyl adjacent to an activating group) is 1. The van der Waals surface area contributed by atoms with Crippen LogP contribution in [0.15, 0.2) is 35.3 Å². The molecule has 194 valence electrons. The van der Waals surface area contributed by atoms with Gasteiger partial charge in [-0.2, -0.15) is 9.61 Å². The third kappa shape index (κ3) is 4.62. The minimum Gasteiger partial charge on any atom is -0.368 e. The Morgan fingerprint density at radius 3 is 2.54 bits per heavy atom. The molecule has 0 radical (unpaired) electrons. The molecular formula is C26H31ClN8O2. The van der Waals surface area contributed by atoms with Crippen LogP contribution >= 0.6 is 11.6 Å². The van der Waals surface area contributed by atoms with Crippen LogP contribution in [-0.4, -0.2) is 77.3 Å². The van der Waals surface area contributed by atoms with E-state index in [1.54, 1.807) is 22.8 Å². The van der Waals surface area contributed by atoms with Crippen LogP contribution in [0.25, 0.3) is 16.6 Å². The first-order chi connectivity index (χ1) is 17.7. The van der Waals surface area contributed by atoms with Gasteiger partial charge in [-0.1, -0.05) is 11.6 Å².